The van der Waals surface area contributed by atoms with E-state index in [1.165, 1.54) is 32.1 Å². The fourth-order valence-electron chi connectivity index (χ4n) is 1.58. The van der Waals surface area contributed by atoms with Crippen molar-refractivity contribution >= 4 is 5.91 Å². The van der Waals surface area contributed by atoms with Crippen LogP contribution in [0.5, 0.6) is 0 Å². The summed E-state index contributed by atoms with van der Waals surface area (Å²) in [5.41, 5.74) is 0. The molecule has 0 saturated heterocycles. The summed E-state index contributed by atoms with van der Waals surface area (Å²) in [6.07, 6.45) is 6.91. The van der Waals surface area contributed by atoms with E-state index in [-0.39, 0.29) is 5.91 Å². The van der Waals surface area contributed by atoms with Crippen molar-refractivity contribution in [1.82, 2.24) is 5.32 Å². The van der Waals surface area contributed by atoms with Crippen molar-refractivity contribution in [3.05, 3.63) is 0 Å². The first-order valence-corrected chi connectivity index (χ1v) is 4.62. The van der Waals surface area contributed by atoms with Crippen LogP contribution in [0.4, 0.5) is 0 Å². The molecule has 0 spiro atoms. The van der Waals surface area contributed by atoms with Crippen molar-refractivity contribution in [1.29, 1.82) is 0 Å². The van der Waals surface area contributed by atoms with Crippen molar-refractivity contribution in [3.63, 3.8) is 0 Å². The lowest BCUT2D eigenvalue weighted by Gasteiger charge is -2.22. The van der Waals surface area contributed by atoms with E-state index in [4.69, 9.17) is 0 Å². The van der Waals surface area contributed by atoms with Gasteiger partial charge in [-0.3, -0.25) is 4.79 Å². The Labute approximate surface area is 68.4 Å². The first-order valence-electron chi connectivity index (χ1n) is 4.62. The molecular weight excluding hydrogens is 138 g/mol. The first kappa shape index (κ1) is 8.57. The molecule has 0 aliphatic heterocycles. The molecule has 11 heavy (non-hydrogen) atoms. The average molecular weight is 155 g/mol. The van der Waals surface area contributed by atoms with E-state index in [2.05, 4.69) is 5.32 Å². The highest BCUT2D eigenvalue weighted by molar-refractivity contribution is 5.75. The quantitative estimate of drug-likeness (QED) is 0.647. The molecule has 1 aliphatic carbocycles. The number of amides is 1. The Morgan fingerprint density at radius 2 is 2.00 bits per heavy atom. The van der Waals surface area contributed by atoms with Crippen LogP contribution in [-0.2, 0) is 4.79 Å². The number of carbonyl (C=O) groups excluding carboxylic acids is 1. The highest BCUT2D eigenvalue weighted by Crippen LogP contribution is 2.17. The molecule has 0 radical (unpaired) electrons. The number of nitrogens with one attached hydrogen (secondary N) is 1. The molecule has 0 bridgehead atoms. The van der Waals surface area contributed by atoms with Crippen LogP contribution in [0, 0.1) is 0 Å². The Hall–Kier alpha value is -0.530. The molecule has 0 atom stereocenters. The second kappa shape index (κ2) is 4.37. The zero-order chi connectivity index (χ0) is 8.10. The van der Waals surface area contributed by atoms with Gasteiger partial charge in [0.05, 0.1) is 0 Å². The van der Waals surface area contributed by atoms with Gasteiger partial charge in [-0.25, -0.2) is 0 Å². The van der Waals surface area contributed by atoms with Gasteiger partial charge in [0.2, 0.25) is 5.91 Å². The third-order valence-corrected chi connectivity index (χ3v) is 2.29. The van der Waals surface area contributed by atoms with Gasteiger partial charge in [-0.05, 0) is 12.8 Å². The van der Waals surface area contributed by atoms with Crippen LogP contribution in [0.25, 0.3) is 0 Å². The minimum absolute atomic E-state index is 0.205. The van der Waals surface area contributed by atoms with Crippen LogP contribution in [0.3, 0.4) is 0 Å². The molecule has 1 amide bonds. The minimum atomic E-state index is 0.205. The predicted octanol–water partition coefficient (Wildman–Crippen LogP) is 1.85. The van der Waals surface area contributed by atoms with Crippen LogP contribution >= 0.6 is 0 Å². The monoisotopic (exact) mass is 155 g/mol. The first-order chi connectivity index (χ1) is 5.33. The van der Waals surface area contributed by atoms with E-state index >= 15 is 0 Å². The molecule has 1 saturated carbocycles. The third kappa shape index (κ3) is 2.91. The summed E-state index contributed by atoms with van der Waals surface area (Å²) in [7, 11) is 0. The van der Waals surface area contributed by atoms with Gasteiger partial charge >= 0.3 is 0 Å². The van der Waals surface area contributed by atoms with E-state index < -0.39 is 0 Å². The summed E-state index contributed by atoms with van der Waals surface area (Å²) < 4.78 is 0. The number of hydrogen-bond acceptors (Lipinski definition) is 1. The lowest BCUT2D eigenvalue weighted by Crippen LogP contribution is -2.35. The highest BCUT2D eigenvalue weighted by atomic mass is 16.1. The molecule has 0 aromatic rings. The Bertz CT molecular complexity index is 128. The molecule has 0 aromatic carbocycles. The molecule has 2 nitrogen and oxygen atoms in total. The number of rotatable bonds is 2. The van der Waals surface area contributed by atoms with Crippen LogP contribution in [0.15, 0.2) is 0 Å². The summed E-state index contributed by atoms with van der Waals surface area (Å²) in [6.45, 7) is 1.90. The summed E-state index contributed by atoms with van der Waals surface area (Å²) >= 11 is 0. The maximum absolute atomic E-state index is 11.0. The average Bonchev–Trinajstić information content (AvgIpc) is 2.06. The molecule has 1 aliphatic rings. The molecule has 0 unspecified atom stereocenters. The highest BCUT2D eigenvalue weighted by Gasteiger charge is 2.13. The maximum atomic E-state index is 11.0. The maximum Gasteiger partial charge on any atom is 0.219 e. The molecule has 1 N–H and O–H groups in total. The van der Waals surface area contributed by atoms with E-state index in [0.717, 1.165) is 0 Å². The van der Waals surface area contributed by atoms with E-state index in [0.29, 0.717) is 12.5 Å². The molecule has 64 valence electrons. The standard InChI is InChI=1S/C9H17NO/c1-2-9(11)10-8-6-4-3-5-7-8/h8H,2-7H2,1H3,(H,10,11). The molecule has 0 aromatic heterocycles. The lowest BCUT2D eigenvalue weighted by molar-refractivity contribution is -0.121. The predicted molar refractivity (Wildman–Crippen MR) is 45.3 cm³/mol. The van der Waals surface area contributed by atoms with Crippen LogP contribution in [0.2, 0.25) is 0 Å². The second-order valence-corrected chi connectivity index (χ2v) is 3.26. The van der Waals surface area contributed by atoms with Gasteiger partial charge in [0.1, 0.15) is 0 Å². The molecule has 1 fully saturated rings. The number of carbonyl (C=O) groups is 1. The molecule has 1 rings (SSSR count). The SMILES string of the molecule is CCC(=O)NC1CCCCC1. The van der Waals surface area contributed by atoms with Crippen LogP contribution in [0.1, 0.15) is 45.4 Å². The van der Waals surface area contributed by atoms with Gasteiger partial charge < -0.3 is 5.32 Å². The number of hydrogen-bond donors (Lipinski definition) is 1. The van der Waals surface area contributed by atoms with Gasteiger partial charge in [0, 0.05) is 12.5 Å². The summed E-state index contributed by atoms with van der Waals surface area (Å²) in [5.74, 6) is 0.205. The van der Waals surface area contributed by atoms with Crippen molar-refractivity contribution in [2.75, 3.05) is 0 Å². The Balaban J connectivity index is 2.19. The molecule has 0 heterocycles. The molecule has 2 heteroatoms. The van der Waals surface area contributed by atoms with E-state index in [1.54, 1.807) is 0 Å². The smallest absolute Gasteiger partial charge is 0.219 e. The Morgan fingerprint density at radius 3 is 2.55 bits per heavy atom. The zero-order valence-electron chi connectivity index (χ0n) is 7.23. The Morgan fingerprint density at radius 1 is 1.36 bits per heavy atom. The zero-order valence-corrected chi connectivity index (χ0v) is 7.23. The topological polar surface area (TPSA) is 29.1 Å². The fraction of sp³-hybridized carbons (Fsp3) is 0.889. The minimum Gasteiger partial charge on any atom is -0.353 e. The van der Waals surface area contributed by atoms with Gasteiger partial charge in [-0.2, -0.15) is 0 Å². The van der Waals surface area contributed by atoms with Gasteiger partial charge in [0.15, 0.2) is 0 Å². The summed E-state index contributed by atoms with van der Waals surface area (Å²) in [4.78, 5) is 11.0. The van der Waals surface area contributed by atoms with Crippen LogP contribution in [-0.4, -0.2) is 11.9 Å². The fourth-order valence-corrected chi connectivity index (χ4v) is 1.58. The Kier molecular flexibility index (Phi) is 3.40. The largest absolute Gasteiger partial charge is 0.353 e. The van der Waals surface area contributed by atoms with Crippen molar-refractivity contribution in [2.45, 2.75) is 51.5 Å². The van der Waals surface area contributed by atoms with Gasteiger partial charge in [0.25, 0.3) is 0 Å². The van der Waals surface area contributed by atoms with E-state index in [1.807, 2.05) is 6.92 Å². The van der Waals surface area contributed by atoms with Gasteiger partial charge in [-0.1, -0.05) is 26.2 Å². The lowest BCUT2D eigenvalue weighted by atomic mass is 9.95. The summed E-state index contributed by atoms with van der Waals surface area (Å²) in [5, 5.41) is 3.03. The van der Waals surface area contributed by atoms with Gasteiger partial charge in [-0.15, -0.1) is 0 Å². The second-order valence-electron chi connectivity index (χ2n) is 3.26. The summed E-state index contributed by atoms with van der Waals surface area (Å²) in [6, 6.07) is 0.483. The van der Waals surface area contributed by atoms with Crippen LogP contribution < -0.4 is 5.32 Å². The van der Waals surface area contributed by atoms with Crippen molar-refractivity contribution < 1.29 is 4.79 Å². The normalized spacial score (nSPS) is 19.7. The van der Waals surface area contributed by atoms with E-state index in [9.17, 15) is 4.79 Å². The van der Waals surface area contributed by atoms with Crippen molar-refractivity contribution in [2.24, 2.45) is 0 Å². The third-order valence-electron chi connectivity index (χ3n) is 2.29. The molecular formula is C9H17NO. The van der Waals surface area contributed by atoms with Crippen molar-refractivity contribution in [3.8, 4) is 0 Å².